The number of amides is 2. The highest BCUT2D eigenvalue weighted by Crippen LogP contribution is 2.31. The average Bonchev–Trinajstić information content (AvgIpc) is 2.82. The van der Waals surface area contributed by atoms with Crippen LogP contribution in [0.1, 0.15) is 12.0 Å². The third kappa shape index (κ3) is 2.91. The van der Waals surface area contributed by atoms with Crippen molar-refractivity contribution in [3.8, 4) is 5.75 Å². The van der Waals surface area contributed by atoms with Crippen LogP contribution in [-0.4, -0.2) is 61.2 Å². The normalized spacial score (nSPS) is 27.9. The van der Waals surface area contributed by atoms with E-state index in [9.17, 15) is 18.0 Å². The topological polar surface area (TPSA) is 96.0 Å². The fraction of sp³-hybridized carbons (Fsp3) is 0.467. The van der Waals surface area contributed by atoms with Crippen molar-refractivity contribution in [2.75, 3.05) is 19.6 Å². The second-order valence-electron chi connectivity index (χ2n) is 6.28. The number of carbonyl (C=O) groups excluding carboxylic acids is 2. The maximum atomic E-state index is 12.8. The number of halogens is 1. The van der Waals surface area contributed by atoms with E-state index in [4.69, 9.17) is 4.74 Å². The maximum absolute atomic E-state index is 12.8. The molecular weight excluding hydrogens is 414 g/mol. The summed E-state index contributed by atoms with van der Waals surface area (Å²) in [7, 11) is -3.75. The zero-order valence-corrected chi connectivity index (χ0v) is 15.5. The molecule has 10 heteroatoms. The minimum Gasteiger partial charge on any atom is -0.480 e. The van der Waals surface area contributed by atoms with Gasteiger partial charge in [0.25, 0.3) is 11.8 Å². The van der Waals surface area contributed by atoms with E-state index < -0.39 is 28.3 Å². The summed E-state index contributed by atoms with van der Waals surface area (Å²) < 4.78 is 33.5. The molecule has 2 unspecified atom stereocenters. The summed E-state index contributed by atoms with van der Waals surface area (Å²) in [5.74, 6) is -0.102. The Labute approximate surface area is 153 Å². The lowest BCUT2D eigenvalue weighted by atomic mass is 10.0. The largest absolute Gasteiger partial charge is 0.480 e. The van der Waals surface area contributed by atoms with Gasteiger partial charge in [-0.05, 0) is 36.6 Å². The standard InChI is InChI=1S/C15H16BrN3O5S/c16-10-2-4-12-9(7-10)1-3-13(24-12)15(21)18-5-6-19-11(8-18)14(20)17-25(19,22)23/h2,4,7,11,13H,1,3,5-6,8H2,(H,17,20). The number of aryl methyl sites for hydroxylation is 1. The van der Waals surface area contributed by atoms with Crippen LogP contribution in [0.5, 0.6) is 5.75 Å². The van der Waals surface area contributed by atoms with Gasteiger partial charge in [0.15, 0.2) is 6.10 Å². The minimum absolute atomic E-state index is 0.0525. The van der Waals surface area contributed by atoms with Crippen LogP contribution < -0.4 is 9.46 Å². The number of hydrogen-bond acceptors (Lipinski definition) is 5. The SMILES string of the molecule is O=C1NS(=O)(=O)N2CCN(C(=O)C3CCc4cc(Br)ccc4O3)CC12. The first-order valence-corrected chi connectivity index (χ1v) is 10.2. The first-order valence-electron chi connectivity index (χ1n) is 7.92. The van der Waals surface area contributed by atoms with Crippen molar-refractivity contribution < 1.29 is 22.7 Å². The van der Waals surface area contributed by atoms with Crippen LogP contribution in [0, 0.1) is 0 Å². The zero-order valence-electron chi connectivity index (χ0n) is 13.1. The van der Waals surface area contributed by atoms with Crippen molar-refractivity contribution in [2.24, 2.45) is 0 Å². The van der Waals surface area contributed by atoms with Crippen LogP contribution in [0.15, 0.2) is 22.7 Å². The third-order valence-electron chi connectivity index (χ3n) is 4.73. The molecule has 3 aliphatic rings. The molecule has 2 atom stereocenters. The van der Waals surface area contributed by atoms with Gasteiger partial charge in [-0.1, -0.05) is 15.9 Å². The molecule has 2 fully saturated rings. The van der Waals surface area contributed by atoms with Gasteiger partial charge in [-0.25, -0.2) is 4.72 Å². The summed E-state index contributed by atoms with van der Waals surface area (Å²) in [5, 5.41) is 0. The van der Waals surface area contributed by atoms with Crippen LogP contribution in [-0.2, 0) is 26.2 Å². The molecule has 2 amide bonds. The lowest BCUT2D eigenvalue weighted by Crippen LogP contribution is -2.57. The van der Waals surface area contributed by atoms with Gasteiger partial charge in [-0.3, -0.25) is 9.59 Å². The van der Waals surface area contributed by atoms with Gasteiger partial charge in [0, 0.05) is 24.1 Å². The van der Waals surface area contributed by atoms with E-state index in [-0.39, 0.29) is 25.5 Å². The highest BCUT2D eigenvalue weighted by molar-refractivity contribution is 9.10. The van der Waals surface area contributed by atoms with Crippen LogP contribution in [0.2, 0.25) is 0 Å². The van der Waals surface area contributed by atoms with E-state index in [2.05, 4.69) is 15.9 Å². The number of benzene rings is 1. The second kappa shape index (κ2) is 5.96. The number of ether oxygens (including phenoxy) is 1. The van der Waals surface area contributed by atoms with Crippen molar-refractivity contribution >= 4 is 38.0 Å². The molecule has 0 bridgehead atoms. The fourth-order valence-corrected chi connectivity index (χ4v) is 5.19. The Balaban J connectivity index is 1.48. The summed E-state index contributed by atoms with van der Waals surface area (Å²) in [4.78, 5) is 26.2. The summed E-state index contributed by atoms with van der Waals surface area (Å²) in [6, 6.07) is 4.81. The Kier molecular flexibility index (Phi) is 4.00. The van der Waals surface area contributed by atoms with Crippen molar-refractivity contribution in [1.29, 1.82) is 0 Å². The molecule has 2 saturated heterocycles. The Morgan fingerprint density at radius 2 is 2.12 bits per heavy atom. The van der Waals surface area contributed by atoms with Gasteiger partial charge < -0.3 is 9.64 Å². The van der Waals surface area contributed by atoms with Crippen molar-refractivity contribution in [1.82, 2.24) is 13.9 Å². The molecule has 1 aromatic rings. The average molecular weight is 430 g/mol. The van der Waals surface area contributed by atoms with Crippen molar-refractivity contribution in [3.05, 3.63) is 28.2 Å². The van der Waals surface area contributed by atoms with Crippen molar-refractivity contribution in [2.45, 2.75) is 25.0 Å². The Morgan fingerprint density at radius 3 is 2.92 bits per heavy atom. The highest BCUT2D eigenvalue weighted by Gasteiger charge is 2.48. The quantitative estimate of drug-likeness (QED) is 0.679. The van der Waals surface area contributed by atoms with E-state index in [1.165, 1.54) is 4.90 Å². The Bertz CT molecular complexity index is 859. The van der Waals surface area contributed by atoms with Crippen LogP contribution >= 0.6 is 15.9 Å². The molecule has 0 aromatic heterocycles. The molecule has 134 valence electrons. The third-order valence-corrected chi connectivity index (χ3v) is 6.73. The number of carbonyl (C=O) groups is 2. The molecule has 0 aliphatic carbocycles. The van der Waals surface area contributed by atoms with Gasteiger partial charge in [0.05, 0.1) is 0 Å². The highest BCUT2D eigenvalue weighted by atomic mass is 79.9. The monoisotopic (exact) mass is 429 g/mol. The Morgan fingerprint density at radius 1 is 1.32 bits per heavy atom. The molecule has 4 rings (SSSR count). The molecule has 0 spiro atoms. The van der Waals surface area contributed by atoms with Gasteiger partial charge >= 0.3 is 10.2 Å². The molecule has 1 aromatic carbocycles. The summed E-state index contributed by atoms with van der Waals surface area (Å²) in [5.41, 5.74) is 1.05. The Hall–Kier alpha value is -1.65. The van der Waals surface area contributed by atoms with E-state index in [0.29, 0.717) is 12.2 Å². The number of rotatable bonds is 1. The molecule has 3 aliphatic heterocycles. The lowest BCUT2D eigenvalue weighted by Gasteiger charge is -2.37. The zero-order chi connectivity index (χ0) is 17.8. The molecule has 0 saturated carbocycles. The van der Waals surface area contributed by atoms with Gasteiger partial charge in [-0.2, -0.15) is 12.7 Å². The lowest BCUT2D eigenvalue weighted by molar-refractivity contribution is -0.142. The molecule has 1 N–H and O–H groups in total. The molecular formula is C15H16BrN3O5S. The predicted octanol–water partition coefficient (Wildman–Crippen LogP) is 0.0301. The van der Waals surface area contributed by atoms with Gasteiger partial charge in [0.2, 0.25) is 0 Å². The van der Waals surface area contributed by atoms with E-state index in [1.54, 1.807) is 0 Å². The minimum atomic E-state index is -3.75. The van der Waals surface area contributed by atoms with Gasteiger partial charge in [-0.15, -0.1) is 0 Å². The summed E-state index contributed by atoms with van der Waals surface area (Å²) >= 11 is 3.42. The molecule has 8 nitrogen and oxygen atoms in total. The number of nitrogens with one attached hydrogen (secondary N) is 1. The molecule has 3 heterocycles. The first kappa shape index (κ1) is 16.8. The number of hydrogen-bond donors (Lipinski definition) is 1. The summed E-state index contributed by atoms with van der Waals surface area (Å²) in [6.07, 6.45) is 0.669. The van der Waals surface area contributed by atoms with Crippen LogP contribution in [0.25, 0.3) is 0 Å². The maximum Gasteiger partial charge on any atom is 0.304 e. The van der Waals surface area contributed by atoms with Gasteiger partial charge in [0.1, 0.15) is 11.8 Å². The molecule has 0 radical (unpaired) electrons. The second-order valence-corrected chi connectivity index (χ2v) is 8.82. The number of nitrogens with zero attached hydrogens (tertiary/aromatic N) is 2. The summed E-state index contributed by atoms with van der Waals surface area (Å²) in [6.45, 7) is 0.404. The smallest absolute Gasteiger partial charge is 0.304 e. The van der Waals surface area contributed by atoms with Crippen LogP contribution in [0.4, 0.5) is 0 Å². The van der Waals surface area contributed by atoms with E-state index >= 15 is 0 Å². The van der Waals surface area contributed by atoms with E-state index in [0.717, 1.165) is 20.8 Å². The number of fused-ring (bicyclic) bond motifs is 2. The van der Waals surface area contributed by atoms with E-state index in [1.807, 2.05) is 22.9 Å². The first-order chi connectivity index (χ1) is 11.8. The van der Waals surface area contributed by atoms with Crippen LogP contribution in [0.3, 0.4) is 0 Å². The fourth-order valence-electron chi connectivity index (χ4n) is 3.46. The van der Waals surface area contributed by atoms with Crippen molar-refractivity contribution in [3.63, 3.8) is 0 Å². The molecule has 25 heavy (non-hydrogen) atoms. The predicted molar refractivity (Wildman–Crippen MR) is 91.0 cm³/mol. The number of piperazine rings is 1.